The van der Waals surface area contributed by atoms with Crippen LogP contribution in [0.15, 0.2) is 0 Å². The Hall–Kier alpha value is 3.78. The molecule has 7 nitrogen and oxygen atoms in total. The van der Waals surface area contributed by atoms with Gasteiger partial charge in [0.25, 0.3) is 0 Å². The summed E-state index contributed by atoms with van der Waals surface area (Å²) in [5.74, 6) is 0. The molecule has 0 aromatic rings. The van der Waals surface area contributed by atoms with Crippen LogP contribution < -0.4 is 0 Å². The maximum atomic E-state index is 8.05. The minimum atomic E-state index is -4.16. The van der Waals surface area contributed by atoms with Crippen molar-refractivity contribution in [1.29, 1.82) is 0 Å². The SMILES string of the molecule is C.C.CCO.CCO[Si](Cl)(Cl)Cl.CCO[Si](Cl)(Cl)Cl.CCO[Si](O)(O)O.Cl.Cl[Si](Cl)(Cl)Cl. The van der Waals surface area contributed by atoms with Crippen molar-refractivity contribution in [2.24, 2.45) is 0 Å². The summed E-state index contributed by atoms with van der Waals surface area (Å²) in [5, 5.41) is 4.85. The van der Waals surface area contributed by atoms with Gasteiger partial charge in [-0.25, -0.2) is 0 Å². The van der Waals surface area contributed by atoms with Gasteiger partial charge in [0.2, 0.25) is 0 Å². The lowest BCUT2D eigenvalue weighted by Crippen LogP contribution is -2.38. The minimum Gasteiger partial charge on any atom is -0.397 e. The molecule has 0 unspecified atom stereocenters. The summed E-state index contributed by atoms with van der Waals surface area (Å²) < 4.78 is 13.4. The van der Waals surface area contributed by atoms with Gasteiger partial charge in [0.1, 0.15) is 0 Å². The summed E-state index contributed by atoms with van der Waals surface area (Å²) in [6.07, 6.45) is -5.48. The van der Waals surface area contributed by atoms with Crippen molar-refractivity contribution in [2.45, 2.75) is 42.5 Å². The average Bonchev–Trinajstić information content (AvgIpc) is 2.34. The fourth-order valence-corrected chi connectivity index (χ4v) is 3.53. The zero-order chi connectivity index (χ0) is 24.9. The van der Waals surface area contributed by atoms with Crippen molar-refractivity contribution in [1.82, 2.24) is 0 Å². The largest absolute Gasteiger partial charge is 0.671 e. The molecule has 0 saturated heterocycles. The topological polar surface area (TPSA) is 109 Å². The molecule has 0 atom stereocenters. The van der Waals surface area contributed by atoms with Crippen LogP contribution in [0.1, 0.15) is 42.5 Å². The Labute approximate surface area is 249 Å². The van der Waals surface area contributed by atoms with Gasteiger partial charge in [-0.1, -0.05) is 81.3 Å². The van der Waals surface area contributed by atoms with E-state index in [0.29, 0.717) is 13.2 Å². The lowest BCUT2D eigenvalue weighted by Gasteiger charge is -2.05. The molecular weight excluding hydrogens is 734 g/mol. The molecule has 0 aliphatic carbocycles. The fraction of sp³-hybridized carbons (Fsp3) is 1.00. The van der Waals surface area contributed by atoms with E-state index in [2.05, 4.69) is 13.3 Å². The van der Waals surface area contributed by atoms with E-state index in [1.54, 1.807) is 27.7 Å². The van der Waals surface area contributed by atoms with E-state index in [1.807, 2.05) is 0 Å². The molecule has 4 N–H and O–H groups in total. The number of aliphatic hydroxyl groups is 1. The van der Waals surface area contributed by atoms with Crippen molar-refractivity contribution in [3.05, 3.63) is 0 Å². The molecule has 0 aliphatic heterocycles. The van der Waals surface area contributed by atoms with Gasteiger partial charge in [-0.05, 0) is 27.7 Å². The highest BCUT2D eigenvalue weighted by Crippen LogP contribution is 2.23. The second kappa shape index (κ2) is 32.8. The van der Waals surface area contributed by atoms with Crippen LogP contribution in [0.25, 0.3) is 0 Å². The van der Waals surface area contributed by atoms with E-state index in [0.717, 1.165) is 0 Å². The molecule has 0 heterocycles. The minimum absolute atomic E-state index is 0. The molecular formula is C10H33Cl11O7Si4. The van der Waals surface area contributed by atoms with E-state index in [1.165, 1.54) is 0 Å². The number of hydrogen-bond acceptors (Lipinski definition) is 7. The molecule has 0 aromatic heterocycles. The summed E-state index contributed by atoms with van der Waals surface area (Å²) in [7, 11) is -4.16. The summed E-state index contributed by atoms with van der Waals surface area (Å²) in [6.45, 7) is 8.13. The summed E-state index contributed by atoms with van der Waals surface area (Å²) in [5.41, 5.74) is 0. The smallest absolute Gasteiger partial charge is 0.397 e. The highest BCUT2D eigenvalue weighted by Gasteiger charge is 2.29. The second-order valence-corrected chi connectivity index (χ2v) is 31.5. The lowest BCUT2D eigenvalue weighted by atomic mass is 10.9. The Kier molecular flexibility index (Phi) is 57.5. The van der Waals surface area contributed by atoms with Gasteiger partial charge in [0, 0.05) is 26.4 Å². The summed E-state index contributed by atoms with van der Waals surface area (Å²) >= 11 is 51.5. The van der Waals surface area contributed by atoms with E-state index >= 15 is 0 Å². The van der Waals surface area contributed by atoms with Crippen molar-refractivity contribution in [3.63, 3.8) is 0 Å². The predicted molar refractivity (Wildman–Crippen MR) is 157 cm³/mol. The molecule has 0 saturated carbocycles. The maximum Gasteiger partial charge on any atom is 0.671 e. The third kappa shape index (κ3) is 146. The first-order chi connectivity index (χ1) is 12.6. The molecule has 0 aromatic carbocycles. The standard InChI is InChI=1S/2C2H5Cl3OSi.C2H8O4Si.C2H6O.2CH4.Cl4Si.ClH/c3*1-2-6-7(3,4)5;1-2-3;;;1-5(2,3)4;/h2*2H2,1H3;3-5H,2H2,1H3;3H,2H2,1H3;2*1H4;;1H. The molecule has 0 rings (SSSR count). The Bertz CT molecular complexity index is 286. The van der Waals surface area contributed by atoms with Crippen LogP contribution in [0.3, 0.4) is 0 Å². The number of halogens is 11. The van der Waals surface area contributed by atoms with Gasteiger partial charge in [-0.2, -0.15) is 0 Å². The van der Waals surface area contributed by atoms with E-state index in [4.69, 9.17) is 130 Å². The molecule has 208 valence electrons. The normalized spacial score (nSPS) is 10.3. The highest BCUT2D eigenvalue weighted by molar-refractivity contribution is 7.81. The van der Waals surface area contributed by atoms with Crippen molar-refractivity contribution < 1.29 is 32.8 Å². The van der Waals surface area contributed by atoms with Gasteiger partial charge >= 0.3 is 26.9 Å². The predicted octanol–water partition coefficient (Wildman–Crippen LogP) is 6.86. The van der Waals surface area contributed by atoms with Gasteiger partial charge in [0.15, 0.2) is 0 Å². The summed E-state index contributed by atoms with van der Waals surface area (Å²) in [4.78, 5) is 24.1. The van der Waals surface area contributed by atoms with E-state index in [9.17, 15) is 0 Å². The van der Waals surface area contributed by atoms with Crippen LogP contribution in [-0.4, -0.2) is 72.8 Å². The first-order valence-electron chi connectivity index (χ1n) is 7.18. The molecule has 0 radical (unpaired) electrons. The van der Waals surface area contributed by atoms with Crippen LogP contribution in [0, 0.1) is 0 Å². The van der Waals surface area contributed by atoms with Gasteiger partial charge in [-0.15, -0.1) is 56.7 Å². The first-order valence-corrected chi connectivity index (χ1v) is 24.9. The quantitative estimate of drug-likeness (QED) is 0.173. The lowest BCUT2D eigenvalue weighted by molar-refractivity contribution is 0.0687. The molecule has 0 amide bonds. The average molecular weight is 768 g/mol. The molecule has 0 aliphatic rings. The van der Waals surface area contributed by atoms with E-state index < -0.39 is 26.9 Å². The Morgan fingerprint density at radius 3 is 0.719 bits per heavy atom. The van der Waals surface area contributed by atoms with E-state index in [-0.39, 0.29) is 40.5 Å². The fourth-order valence-electron chi connectivity index (χ4n) is 0.521. The van der Waals surface area contributed by atoms with Crippen LogP contribution >= 0.6 is 123 Å². The zero-order valence-electron chi connectivity index (χ0n) is 16.0. The Morgan fingerprint density at radius 2 is 0.719 bits per heavy atom. The summed E-state index contributed by atoms with van der Waals surface area (Å²) in [6, 6.07) is 0. The molecule has 0 fully saturated rings. The Balaban J connectivity index is -0.0000000375. The van der Waals surface area contributed by atoms with Crippen molar-refractivity contribution in [2.75, 3.05) is 26.4 Å². The number of rotatable bonds is 6. The van der Waals surface area contributed by atoms with Crippen LogP contribution in [-0.2, 0) is 13.3 Å². The van der Waals surface area contributed by atoms with Crippen LogP contribution in [0.4, 0.5) is 0 Å². The first kappa shape index (κ1) is 56.1. The van der Waals surface area contributed by atoms with Crippen LogP contribution in [0.2, 0.25) is 0 Å². The third-order valence-electron chi connectivity index (χ3n) is 0.954. The van der Waals surface area contributed by atoms with Gasteiger partial charge in [-0.3, -0.25) is 0 Å². The molecule has 0 bridgehead atoms. The highest BCUT2D eigenvalue weighted by atomic mass is 36.0. The maximum absolute atomic E-state index is 8.05. The molecule has 22 heteroatoms. The third-order valence-corrected chi connectivity index (χ3v) is 4.83. The monoisotopic (exact) mass is 762 g/mol. The Morgan fingerprint density at radius 1 is 0.562 bits per heavy atom. The van der Waals surface area contributed by atoms with Gasteiger partial charge < -0.3 is 32.8 Å². The van der Waals surface area contributed by atoms with Gasteiger partial charge in [0.05, 0.1) is 0 Å². The van der Waals surface area contributed by atoms with Crippen molar-refractivity contribution >= 4 is 150 Å². The van der Waals surface area contributed by atoms with Crippen LogP contribution in [0.5, 0.6) is 0 Å². The molecule has 0 spiro atoms. The second-order valence-electron chi connectivity index (χ2n) is 3.51. The number of hydrogen-bond donors (Lipinski definition) is 4. The zero-order valence-corrected chi connectivity index (χ0v) is 28.4. The van der Waals surface area contributed by atoms with Crippen molar-refractivity contribution in [3.8, 4) is 0 Å². The molecule has 32 heavy (non-hydrogen) atoms. The number of aliphatic hydroxyl groups excluding tert-OH is 1.